The Kier molecular flexibility index (Phi) is 9.51. The molecule has 0 bridgehead atoms. The van der Waals surface area contributed by atoms with Crippen molar-refractivity contribution < 1.29 is 9.39 Å². The van der Waals surface area contributed by atoms with E-state index in [4.69, 9.17) is 9.39 Å². The lowest BCUT2D eigenvalue weighted by Crippen LogP contribution is -2.18. The highest BCUT2D eigenvalue weighted by atomic mass is 16.7. The van der Waals surface area contributed by atoms with Crippen LogP contribution < -0.4 is 0 Å². The van der Waals surface area contributed by atoms with Crippen LogP contribution in [0.4, 0.5) is 0 Å². The predicted octanol–water partition coefficient (Wildman–Crippen LogP) is 5.67. The largest absolute Gasteiger partial charge is 0.536 e. The minimum Gasteiger partial charge on any atom is -0.536 e. The number of unbranched alkanes of at least 4 members (excludes halogenated alkanes) is 2. The fraction of sp³-hybridized carbons (Fsp3) is 0.556. The first-order valence-corrected chi connectivity index (χ1v) is 8.29. The van der Waals surface area contributed by atoms with E-state index in [1.54, 1.807) is 0 Å². The molecule has 3 heteroatoms. The fourth-order valence-electron chi connectivity index (χ4n) is 2.20. The van der Waals surface area contributed by atoms with Crippen molar-refractivity contribution in [2.45, 2.75) is 65.7 Å². The summed E-state index contributed by atoms with van der Waals surface area (Å²) in [6.07, 6.45) is 9.00. The minimum atomic E-state index is 0.284. The maximum atomic E-state index is 6.06. The van der Waals surface area contributed by atoms with E-state index < -0.39 is 0 Å². The lowest BCUT2D eigenvalue weighted by atomic mass is 9.59. The topological polar surface area (TPSA) is 18.5 Å². The summed E-state index contributed by atoms with van der Waals surface area (Å²) in [5.41, 5.74) is 1.17. The van der Waals surface area contributed by atoms with Gasteiger partial charge in [-0.15, -0.1) is 0 Å². The Morgan fingerprint density at radius 2 is 1.67 bits per heavy atom. The van der Waals surface area contributed by atoms with Crippen molar-refractivity contribution in [1.82, 2.24) is 0 Å². The van der Waals surface area contributed by atoms with E-state index in [0.29, 0.717) is 12.6 Å². The van der Waals surface area contributed by atoms with Gasteiger partial charge >= 0.3 is 6.92 Å². The van der Waals surface area contributed by atoms with E-state index in [2.05, 4.69) is 26.0 Å². The lowest BCUT2D eigenvalue weighted by molar-refractivity contribution is 0.0933. The molecule has 1 aromatic rings. The van der Waals surface area contributed by atoms with Gasteiger partial charge < -0.3 is 9.39 Å². The van der Waals surface area contributed by atoms with Crippen molar-refractivity contribution in [3.8, 4) is 0 Å². The van der Waals surface area contributed by atoms with Gasteiger partial charge in [0.05, 0.1) is 0 Å². The summed E-state index contributed by atoms with van der Waals surface area (Å²) in [5, 5.41) is 0. The molecule has 21 heavy (non-hydrogen) atoms. The molecule has 0 radical (unpaired) electrons. The third-order valence-corrected chi connectivity index (χ3v) is 3.50. The van der Waals surface area contributed by atoms with E-state index in [1.807, 2.05) is 31.2 Å². The van der Waals surface area contributed by atoms with Crippen LogP contribution in [0.2, 0.25) is 12.6 Å². The smallest absolute Gasteiger partial charge is 0.361 e. The SMILES string of the molecule is C/C=C(/OCc1ccccc1)OB(CCCC)CCCC. The Morgan fingerprint density at radius 3 is 2.19 bits per heavy atom. The third kappa shape index (κ3) is 7.84. The fourth-order valence-corrected chi connectivity index (χ4v) is 2.20. The van der Waals surface area contributed by atoms with Crippen molar-refractivity contribution >= 4 is 6.92 Å². The van der Waals surface area contributed by atoms with Gasteiger partial charge in [-0.05, 0) is 31.2 Å². The number of hydrogen-bond acceptors (Lipinski definition) is 2. The van der Waals surface area contributed by atoms with Crippen molar-refractivity contribution in [2.75, 3.05) is 0 Å². The molecule has 0 aromatic heterocycles. The monoisotopic (exact) mass is 288 g/mol. The van der Waals surface area contributed by atoms with Gasteiger partial charge in [0.25, 0.3) is 5.95 Å². The van der Waals surface area contributed by atoms with Crippen LogP contribution in [0.5, 0.6) is 0 Å². The molecule has 0 amide bonds. The van der Waals surface area contributed by atoms with Crippen LogP contribution in [0.25, 0.3) is 0 Å². The summed E-state index contributed by atoms with van der Waals surface area (Å²) in [7, 11) is 0. The molecular formula is C18H29BO2. The Bertz CT molecular complexity index is 381. The molecule has 2 nitrogen and oxygen atoms in total. The zero-order chi connectivity index (χ0) is 15.3. The highest BCUT2D eigenvalue weighted by Gasteiger charge is 2.18. The molecule has 0 unspecified atom stereocenters. The number of rotatable bonds is 11. The molecule has 0 N–H and O–H groups in total. The van der Waals surface area contributed by atoms with Crippen molar-refractivity contribution in [3.05, 3.63) is 47.9 Å². The third-order valence-electron chi connectivity index (χ3n) is 3.50. The Balaban J connectivity index is 2.45. The van der Waals surface area contributed by atoms with Crippen LogP contribution in [0, 0.1) is 0 Å². The van der Waals surface area contributed by atoms with Gasteiger partial charge in [0, 0.05) is 0 Å². The Labute approximate surface area is 130 Å². The highest BCUT2D eigenvalue weighted by Crippen LogP contribution is 2.16. The molecule has 0 saturated carbocycles. The van der Waals surface area contributed by atoms with Crippen LogP contribution in [0.3, 0.4) is 0 Å². The van der Waals surface area contributed by atoms with Gasteiger partial charge in [-0.2, -0.15) is 0 Å². The second-order valence-corrected chi connectivity index (χ2v) is 5.41. The van der Waals surface area contributed by atoms with Crippen molar-refractivity contribution in [2.24, 2.45) is 0 Å². The summed E-state index contributed by atoms with van der Waals surface area (Å²) in [6.45, 7) is 7.26. The summed E-state index contributed by atoms with van der Waals surface area (Å²) >= 11 is 0. The highest BCUT2D eigenvalue weighted by molar-refractivity contribution is 6.52. The molecule has 116 valence electrons. The van der Waals surface area contributed by atoms with Gasteiger partial charge in [0.1, 0.15) is 6.61 Å². The number of benzene rings is 1. The molecule has 1 aromatic carbocycles. The van der Waals surface area contributed by atoms with Gasteiger partial charge in [0.2, 0.25) is 0 Å². The first-order chi connectivity index (χ1) is 10.3. The Morgan fingerprint density at radius 1 is 1.05 bits per heavy atom. The molecule has 0 saturated heterocycles. The van der Waals surface area contributed by atoms with Gasteiger partial charge in [-0.1, -0.05) is 69.9 Å². The zero-order valence-corrected chi connectivity index (χ0v) is 13.8. The normalized spacial score (nSPS) is 11.3. The molecular weight excluding hydrogens is 259 g/mol. The number of hydrogen-bond donors (Lipinski definition) is 0. The van der Waals surface area contributed by atoms with Crippen LogP contribution in [0.1, 0.15) is 52.0 Å². The van der Waals surface area contributed by atoms with Gasteiger partial charge in [0.15, 0.2) is 0 Å². The van der Waals surface area contributed by atoms with Gasteiger partial charge in [-0.3, -0.25) is 0 Å². The molecule has 0 aliphatic heterocycles. The van der Waals surface area contributed by atoms with E-state index in [-0.39, 0.29) is 6.92 Å². The molecule has 0 aliphatic rings. The van der Waals surface area contributed by atoms with E-state index in [0.717, 1.165) is 12.6 Å². The average molecular weight is 288 g/mol. The molecule has 0 aliphatic carbocycles. The quantitative estimate of drug-likeness (QED) is 0.385. The van der Waals surface area contributed by atoms with E-state index in [1.165, 1.54) is 31.2 Å². The second kappa shape index (κ2) is 11.3. The number of ether oxygens (including phenoxy) is 1. The van der Waals surface area contributed by atoms with Crippen LogP contribution in [0.15, 0.2) is 42.4 Å². The van der Waals surface area contributed by atoms with Crippen molar-refractivity contribution in [3.63, 3.8) is 0 Å². The van der Waals surface area contributed by atoms with Crippen molar-refractivity contribution in [1.29, 1.82) is 0 Å². The maximum Gasteiger partial charge on any atom is 0.361 e. The minimum absolute atomic E-state index is 0.284. The zero-order valence-electron chi connectivity index (χ0n) is 13.8. The average Bonchev–Trinajstić information content (AvgIpc) is 2.54. The molecule has 0 heterocycles. The summed E-state index contributed by atoms with van der Waals surface area (Å²) < 4.78 is 11.9. The molecule has 0 fully saturated rings. The molecule has 1 rings (SSSR count). The second-order valence-electron chi connectivity index (χ2n) is 5.41. The first-order valence-electron chi connectivity index (χ1n) is 8.29. The number of allylic oxidation sites excluding steroid dienone is 1. The lowest BCUT2D eigenvalue weighted by Gasteiger charge is -2.18. The summed E-state index contributed by atoms with van der Waals surface area (Å²) in [6, 6.07) is 10.2. The van der Waals surface area contributed by atoms with E-state index >= 15 is 0 Å². The first kappa shape index (κ1) is 17.7. The summed E-state index contributed by atoms with van der Waals surface area (Å²) in [4.78, 5) is 0. The predicted molar refractivity (Wildman–Crippen MR) is 91.3 cm³/mol. The standard InChI is InChI=1S/C18H29BO2/c1-4-7-14-19(15-8-5-2)21-18(6-3)20-16-17-12-10-9-11-13-17/h6,9-13H,4-5,7-8,14-16H2,1-3H3/b18-6-. The summed E-state index contributed by atoms with van der Waals surface area (Å²) in [5.74, 6) is 0.663. The maximum absolute atomic E-state index is 6.06. The van der Waals surface area contributed by atoms with Crippen LogP contribution in [-0.4, -0.2) is 6.92 Å². The molecule has 0 atom stereocenters. The van der Waals surface area contributed by atoms with Gasteiger partial charge in [-0.25, -0.2) is 0 Å². The van der Waals surface area contributed by atoms with E-state index in [9.17, 15) is 0 Å². The van der Waals surface area contributed by atoms with Crippen LogP contribution >= 0.6 is 0 Å². The molecule has 0 spiro atoms. The van der Waals surface area contributed by atoms with Crippen LogP contribution in [-0.2, 0) is 16.0 Å². The Hall–Kier alpha value is -1.38.